The van der Waals surface area contributed by atoms with Crippen molar-refractivity contribution in [3.8, 4) is 0 Å². The van der Waals surface area contributed by atoms with Gasteiger partial charge in [-0.25, -0.2) is 0 Å². The number of allylic oxidation sites excluding steroid dienone is 2. The molecule has 0 N–H and O–H groups in total. The SMILES string of the molecule is CC/C=C\CC(CCC)c1ccc(CCC)s1. The molecule has 0 amide bonds. The molecular formula is C16H26S. The van der Waals surface area contributed by atoms with Crippen molar-refractivity contribution in [1.82, 2.24) is 0 Å². The zero-order chi connectivity index (χ0) is 12.5. The van der Waals surface area contributed by atoms with Gasteiger partial charge in [-0.1, -0.05) is 45.8 Å². The summed E-state index contributed by atoms with van der Waals surface area (Å²) in [4.78, 5) is 3.15. The van der Waals surface area contributed by atoms with Gasteiger partial charge in [0.15, 0.2) is 0 Å². The normalized spacial score (nSPS) is 13.4. The van der Waals surface area contributed by atoms with E-state index in [1.807, 2.05) is 11.3 Å². The lowest BCUT2D eigenvalue weighted by molar-refractivity contribution is 0.629. The van der Waals surface area contributed by atoms with Crippen molar-refractivity contribution in [1.29, 1.82) is 0 Å². The third-order valence-electron chi connectivity index (χ3n) is 3.04. The average Bonchev–Trinajstić information content (AvgIpc) is 2.77. The quantitative estimate of drug-likeness (QED) is 0.501. The maximum Gasteiger partial charge on any atom is 0.00822 e. The van der Waals surface area contributed by atoms with Crippen molar-refractivity contribution < 1.29 is 0 Å². The van der Waals surface area contributed by atoms with Crippen molar-refractivity contribution >= 4 is 11.3 Å². The molecule has 96 valence electrons. The highest BCUT2D eigenvalue weighted by Crippen LogP contribution is 2.31. The van der Waals surface area contributed by atoms with Crippen LogP contribution in [0.1, 0.15) is 68.5 Å². The highest BCUT2D eigenvalue weighted by atomic mass is 32.1. The maximum atomic E-state index is 2.36. The fourth-order valence-corrected chi connectivity index (χ4v) is 3.41. The summed E-state index contributed by atoms with van der Waals surface area (Å²) >= 11 is 2.03. The number of hydrogen-bond donors (Lipinski definition) is 0. The van der Waals surface area contributed by atoms with Crippen LogP contribution in [0.5, 0.6) is 0 Å². The summed E-state index contributed by atoms with van der Waals surface area (Å²) < 4.78 is 0. The van der Waals surface area contributed by atoms with Gasteiger partial charge in [0.25, 0.3) is 0 Å². The zero-order valence-corrected chi connectivity index (χ0v) is 12.4. The molecule has 0 aliphatic carbocycles. The van der Waals surface area contributed by atoms with E-state index in [4.69, 9.17) is 0 Å². The third kappa shape index (κ3) is 5.08. The first-order valence-electron chi connectivity index (χ1n) is 7.05. The predicted molar refractivity (Wildman–Crippen MR) is 80.0 cm³/mol. The van der Waals surface area contributed by atoms with Gasteiger partial charge in [-0.05, 0) is 43.7 Å². The Bertz CT molecular complexity index is 322. The molecule has 1 rings (SSSR count). The topological polar surface area (TPSA) is 0 Å². The highest BCUT2D eigenvalue weighted by molar-refractivity contribution is 7.12. The second-order valence-electron chi connectivity index (χ2n) is 4.66. The van der Waals surface area contributed by atoms with Crippen molar-refractivity contribution in [2.45, 2.75) is 65.2 Å². The van der Waals surface area contributed by atoms with E-state index in [9.17, 15) is 0 Å². The number of hydrogen-bond acceptors (Lipinski definition) is 1. The van der Waals surface area contributed by atoms with E-state index < -0.39 is 0 Å². The summed E-state index contributed by atoms with van der Waals surface area (Å²) in [5, 5.41) is 0. The highest BCUT2D eigenvalue weighted by Gasteiger charge is 2.11. The van der Waals surface area contributed by atoms with Gasteiger partial charge in [-0.2, -0.15) is 0 Å². The van der Waals surface area contributed by atoms with Crippen molar-refractivity contribution in [2.75, 3.05) is 0 Å². The maximum absolute atomic E-state index is 2.36. The lowest BCUT2D eigenvalue weighted by Gasteiger charge is -2.11. The Morgan fingerprint density at radius 1 is 1.12 bits per heavy atom. The van der Waals surface area contributed by atoms with E-state index >= 15 is 0 Å². The van der Waals surface area contributed by atoms with Gasteiger partial charge < -0.3 is 0 Å². The van der Waals surface area contributed by atoms with Gasteiger partial charge >= 0.3 is 0 Å². The van der Waals surface area contributed by atoms with Crippen LogP contribution in [0.2, 0.25) is 0 Å². The van der Waals surface area contributed by atoms with Crippen LogP contribution in [-0.2, 0) is 6.42 Å². The van der Waals surface area contributed by atoms with Gasteiger partial charge in [0.05, 0.1) is 0 Å². The monoisotopic (exact) mass is 250 g/mol. The molecular weight excluding hydrogens is 224 g/mol. The predicted octanol–water partition coefficient (Wildman–Crippen LogP) is 5.94. The lowest BCUT2D eigenvalue weighted by Crippen LogP contribution is -1.94. The molecule has 17 heavy (non-hydrogen) atoms. The molecule has 1 unspecified atom stereocenters. The molecule has 0 aliphatic rings. The summed E-state index contributed by atoms with van der Waals surface area (Å²) in [5.41, 5.74) is 0. The first kappa shape index (κ1) is 14.5. The van der Waals surface area contributed by atoms with E-state index in [0.29, 0.717) is 0 Å². The minimum absolute atomic E-state index is 0.749. The van der Waals surface area contributed by atoms with Crippen LogP contribution in [0.4, 0.5) is 0 Å². The number of aryl methyl sites for hydroxylation is 1. The Morgan fingerprint density at radius 2 is 1.94 bits per heavy atom. The molecule has 0 aliphatic heterocycles. The van der Waals surface area contributed by atoms with Crippen molar-refractivity contribution in [3.05, 3.63) is 34.0 Å². The van der Waals surface area contributed by atoms with Gasteiger partial charge in [0.1, 0.15) is 0 Å². The Hall–Kier alpha value is -0.560. The Morgan fingerprint density at radius 3 is 2.59 bits per heavy atom. The van der Waals surface area contributed by atoms with Crippen LogP contribution in [0.25, 0.3) is 0 Å². The van der Waals surface area contributed by atoms with Crippen LogP contribution in [0, 0.1) is 0 Å². The van der Waals surface area contributed by atoms with Crippen LogP contribution >= 0.6 is 11.3 Å². The van der Waals surface area contributed by atoms with E-state index in [-0.39, 0.29) is 0 Å². The molecule has 0 bridgehead atoms. The fraction of sp³-hybridized carbons (Fsp3) is 0.625. The van der Waals surface area contributed by atoms with Crippen molar-refractivity contribution in [2.24, 2.45) is 0 Å². The molecule has 1 aromatic heterocycles. The second-order valence-corrected chi connectivity index (χ2v) is 5.85. The molecule has 0 aromatic carbocycles. The first-order valence-corrected chi connectivity index (χ1v) is 7.87. The lowest BCUT2D eigenvalue weighted by atomic mass is 9.97. The third-order valence-corrected chi connectivity index (χ3v) is 4.35. The van der Waals surface area contributed by atoms with E-state index in [1.54, 1.807) is 9.75 Å². The minimum Gasteiger partial charge on any atom is -0.145 e. The van der Waals surface area contributed by atoms with Crippen molar-refractivity contribution in [3.63, 3.8) is 0 Å². The Labute approximate surface area is 111 Å². The molecule has 1 aromatic rings. The summed E-state index contributed by atoms with van der Waals surface area (Å²) in [6, 6.07) is 4.69. The second kappa shape index (κ2) is 8.52. The summed E-state index contributed by atoms with van der Waals surface area (Å²) in [7, 11) is 0. The fourth-order valence-electron chi connectivity index (χ4n) is 2.15. The van der Waals surface area contributed by atoms with Crippen LogP contribution in [0.15, 0.2) is 24.3 Å². The van der Waals surface area contributed by atoms with Crippen LogP contribution in [-0.4, -0.2) is 0 Å². The molecule has 0 radical (unpaired) electrons. The smallest absolute Gasteiger partial charge is 0.00822 e. The average molecular weight is 250 g/mol. The first-order chi connectivity index (χ1) is 8.31. The Balaban J connectivity index is 2.63. The molecule has 0 fully saturated rings. The van der Waals surface area contributed by atoms with Crippen LogP contribution in [0.3, 0.4) is 0 Å². The van der Waals surface area contributed by atoms with Gasteiger partial charge in [0.2, 0.25) is 0 Å². The molecule has 1 heteroatoms. The molecule has 0 saturated heterocycles. The Kier molecular flexibility index (Phi) is 7.27. The van der Waals surface area contributed by atoms with E-state index in [1.165, 1.54) is 32.1 Å². The molecule has 0 saturated carbocycles. The van der Waals surface area contributed by atoms with E-state index in [0.717, 1.165) is 12.3 Å². The standard InChI is InChI=1S/C16H26S/c1-4-7-8-11-14(9-5-2)16-13-12-15(17-16)10-6-3/h7-8,12-14H,4-6,9-11H2,1-3H3/b8-7-. The van der Waals surface area contributed by atoms with Gasteiger partial charge in [-0.3, -0.25) is 0 Å². The molecule has 1 atom stereocenters. The minimum atomic E-state index is 0.749. The molecule has 1 heterocycles. The molecule has 0 nitrogen and oxygen atoms in total. The number of rotatable bonds is 8. The van der Waals surface area contributed by atoms with E-state index in [2.05, 4.69) is 45.1 Å². The summed E-state index contributed by atoms with van der Waals surface area (Å²) in [5.74, 6) is 0.749. The molecule has 0 spiro atoms. The van der Waals surface area contributed by atoms with Crippen LogP contribution < -0.4 is 0 Å². The summed E-state index contributed by atoms with van der Waals surface area (Å²) in [6.07, 6.45) is 12.1. The zero-order valence-electron chi connectivity index (χ0n) is 11.5. The van der Waals surface area contributed by atoms with Gasteiger partial charge in [-0.15, -0.1) is 11.3 Å². The largest absolute Gasteiger partial charge is 0.145 e. The number of thiophene rings is 1. The summed E-state index contributed by atoms with van der Waals surface area (Å²) in [6.45, 7) is 6.75. The van der Waals surface area contributed by atoms with Gasteiger partial charge in [0, 0.05) is 9.75 Å².